The van der Waals surface area contributed by atoms with Gasteiger partial charge in [-0.3, -0.25) is 9.59 Å². The molecule has 21 heavy (non-hydrogen) atoms. The smallest absolute Gasteiger partial charge is 0.241 e. The molecule has 2 fully saturated rings. The van der Waals surface area contributed by atoms with E-state index < -0.39 is 23.0 Å². The molecule has 0 unspecified atom stereocenters. The second-order valence-electron chi connectivity index (χ2n) is 6.61. The number of aryl methyl sites for hydroxylation is 1. The maximum absolute atomic E-state index is 12.8. The summed E-state index contributed by atoms with van der Waals surface area (Å²) in [4.78, 5) is 27.0. The monoisotopic (exact) mass is 283 g/mol. The molecule has 4 rings (SSSR count). The SMILES string of the molecule is Cc1cccc(N2C(=O)[C@H]3[C@H](C2=O)[C@]2(C)C=C[C@]3(C)O2)c1. The third-order valence-electron chi connectivity index (χ3n) is 4.99. The van der Waals surface area contributed by atoms with Crippen molar-refractivity contribution in [2.24, 2.45) is 11.8 Å². The number of hydrogen-bond donors (Lipinski definition) is 0. The Morgan fingerprint density at radius 1 is 1.05 bits per heavy atom. The van der Waals surface area contributed by atoms with Crippen molar-refractivity contribution in [3.8, 4) is 0 Å². The number of imide groups is 1. The highest BCUT2D eigenvalue weighted by molar-refractivity contribution is 6.23. The highest BCUT2D eigenvalue weighted by atomic mass is 16.5. The number of fused-ring (bicyclic) bond motifs is 5. The fraction of sp³-hybridized carbons (Fsp3) is 0.412. The number of nitrogens with zero attached hydrogens (tertiary/aromatic N) is 1. The third-order valence-corrected chi connectivity index (χ3v) is 4.99. The van der Waals surface area contributed by atoms with Gasteiger partial charge in [0.25, 0.3) is 0 Å². The summed E-state index contributed by atoms with van der Waals surface area (Å²) in [6.45, 7) is 5.74. The molecule has 1 aromatic carbocycles. The molecule has 108 valence electrons. The first-order valence-electron chi connectivity index (χ1n) is 7.21. The zero-order valence-electron chi connectivity index (χ0n) is 12.3. The minimum atomic E-state index is -0.662. The van der Waals surface area contributed by atoms with Crippen LogP contribution in [-0.2, 0) is 14.3 Å². The van der Waals surface area contributed by atoms with Gasteiger partial charge in [0.2, 0.25) is 11.8 Å². The molecule has 0 N–H and O–H groups in total. The van der Waals surface area contributed by atoms with Crippen LogP contribution in [0.4, 0.5) is 5.69 Å². The van der Waals surface area contributed by atoms with Crippen LogP contribution in [-0.4, -0.2) is 23.0 Å². The van der Waals surface area contributed by atoms with Crippen LogP contribution in [0, 0.1) is 18.8 Å². The van der Waals surface area contributed by atoms with Crippen molar-refractivity contribution in [1.29, 1.82) is 0 Å². The van der Waals surface area contributed by atoms with E-state index in [1.807, 2.05) is 57.2 Å². The highest BCUT2D eigenvalue weighted by Gasteiger charge is 2.70. The van der Waals surface area contributed by atoms with Gasteiger partial charge in [-0.1, -0.05) is 24.3 Å². The fourth-order valence-corrected chi connectivity index (χ4v) is 4.05. The lowest BCUT2D eigenvalue weighted by molar-refractivity contribution is -0.128. The molecule has 0 saturated carbocycles. The van der Waals surface area contributed by atoms with Crippen molar-refractivity contribution in [1.82, 2.24) is 0 Å². The Balaban J connectivity index is 1.82. The summed E-state index contributed by atoms with van der Waals surface area (Å²) >= 11 is 0. The maximum Gasteiger partial charge on any atom is 0.241 e. The van der Waals surface area contributed by atoms with E-state index in [4.69, 9.17) is 4.74 Å². The topological polar surface area (TPSA) is 46.6 Å². The van der Waals surface area contributed by atoms with Crippen molar-refractivity contribution in [2.45, 2.75) is 32.0 Å². The van der Waals surface area contributed by atoms with E-state index in [1.54, 1.807) is 0 Å². The molecule has 0 aromatic heterocycles. The number of anilines is 1. The molecule has 0 aliphatic carbocycles. The van der Waals surface area contributed by atoms with Gasteiger partial charge in [0.05, 0.1) is 28.7 Å². The average molecular weight is 283 g/mol. The molecular formula is C17H17NO3. The van der Waals surface area contributed by atoms with Crippen LogP contribution in [0.25, 0.3) is 0 Å². The second kappa shape index (κ2) is 3.63. The van der Waals surface area contributed by atoms with Gasteiger partial charge in [0.1, 0.15) is 0 Å². The van der Waals surface area contributed by atoms with Gasteiger partial charge in [0, 0.05) is 0 Å². The van der Waals surface area contributed by atoms with Gasteiger partial charge in [-0.2, -0.15) is 0 Å². The number of ether oxygens (including phenoxy) is 1. The maximum atomic E-state index is 12.8. The summed E-state index contributed by atoms with van der Waals surface area (Å²) in [7, 11) is 0. The molecule has 3 heterocycles. The number of benzene rings is 1. The Morgan fingerprint density at radius 3 is 2.14 bits per heavy atom. The van der Waals surface area contributed by atoms with Crippen molar-refractivity contribution >= 4 is 17.5 Å². The molecule has 4 nitrogen and oxygen atoms in total. The molecule has 1 aromatic rings. The summed E-state index contributed by atoms with van der Waals surface area (Å²) in [5.74, 6) is -1.13. The van der Waals surface area contributed by atoms with E-state index >= 15 is 0 Å². The Hall–Kier alpha value is -1.94. The van der Waals surface area contributed by atoms with Crippen LogP contribution < -0.4 is 4.90 Å². The number of carbonyl (C=O) groups is 2. The van der Waals surface area contributed by atoms with Crippen LogP contribution in [0.15, 0.2) is 36.4 Å². The van der Waals surface area contributed by atoms with Crippen molar-refractivity contribution in [3.63, 3.8) is 0 Å². The molecule has 3 aliphatic heterocycles. The minimum Gasteiger partial charge on any atom is -0.359 e. The predicted octanol–water partition coefficient (Wildman–Crippen LogP) is 2.22. The summed E-state index contributed by atoms with van der Waals surface area (Å²) in [6.07, 6.45) is 3.86. The normalized spacial score (nSPS) is 40.2. The van der Waals surface area contributed by atoms with Crippen molar-refractivity contribution in [2.75, 3.05) is 4.90 Å². The molecule has 3 aliphatic rings. The van der Waals surface area contributed by atoms with E-state index in [0.29, 0.717) is 5.69 Å². The zero-order chi connectivity index (χ0) is 15.0. The largest absolute Gasteiger partial charge is 0.359 e. The van der Waals surface area contributed by atoms with E-state index in [0.717, 1.165) is 5.56 Å². The van der Waals surface area contributed by atoms with Crippen LogP contribution in [0.2, 0.25) is 0 Å². The first-order valence-corrected chi connectivity index (χ1v) is 7.21. The number of carbonyl (C=O) groups excluding carboxylic acids is 2. The van der Waals surface area contributed by atoms with Crippen LogP contribution in [0.1, 0.15) is 19.4 Å². The predicted molar refractivity (Wildman–Crippen MR) is 77.7 cm³/mol. The first kappa shape index (κ1) is 12.8. The van der Waals surface area contributed by atoms with Crippen LogP contribution >= 0.6 is 0 Å². The van der Waals surface area contributed by atoms with Crippen molar-refractivity contribution in [3.05, 3.63) is 42.0 Å². The van der Waals surface area contributed by atoms with Gasteiger partial charge in [-0.25, -0.2) is 4.90 Å². The van der Waals surface area contributed by atoms with E-state index in [1.165, 1.54) is 4.90 Å². The van der Waals surface area contributed by atoms with Crippen molar-refractivity contribution < 1.29 is 14.3 Å². The number of rotatable bonds is 1. The zero-order valence-corrected chi connectivity index (χ0v) is 12.3. The quantitative estimate of drug-likeness (QED) is 0.586. The average Bonchev–Trinajstić information content (AvgIpc) is 2.95. The van der Waals surface area contributed by atoms with Gasteiger partial charge in [0.15, 0.2) is 0 Å². The molecule has 2 saturated heterocycles. The molecule has 2 amide bonds. The second-order valence-corrected chi connectivity index (χ2v) is 6.61. The standard InChI is InChI=1S/C17H17NO3/c1-10-5-4-6-11(9-10)18-14(19)12-13(15(18)20)17(3)8-7-16(12,2)21-17/h4-9,12-13H,1-3H3/t12-,13-,16+,17+/m1/s1. The fourth-order valence-electron chi connectivity index (χ4n) is 4.05. The molecule has 0 spiro atoms. The molecule has 0 radical (unpaired) electrons. The Morgan fingerprint density at radius 2 is 1.62 bits per heavy atom. The molecular weight excluding hydrogens is 266 g/mol. The summed E-state index contributed by atoms with van der Waals surface area (Å²) in [6, 6.07) is 7.50. The first-order chi connectivity index (χ1) is 9.86. The van der Waals surface area contributed by atoms with Crippen LogP contribution in [0.3, 0.4) is 0 Å². The highest BCUT2D eigenvalue weighted by Crippen LogP contribution is 2.57. The Labute approximate surface area is 123 Å². The van der Waals surface area contributed by atoms with Crippen LogP contribution in [0.5, 0.6) is 0 Å². The summed E-state index contributed by atoms with van der Waals surface area (Å²) < 4.78 is 5.98. The molecule has 4 atom stereocenters. The Kier molecular flexibility index (Phi) is 2.21. The lowest BCUT2D eigenvalue weighted by Gasteiger charge is -2.25. The summed E-state index contributed by atoms with van der Waals surface area (Å²) in [5, 5.41) is 0. The Bertz CT molecular complexity index is 674. The van der Waals surface area contributed by atoms with E-state index in [9.17, 15) is 9.59 Å². The number of hydrogen-bond acceptors (Lipinski definition) is 3. The number of amides is 2. The van der Waals surface area contributed by atoms with Gasteiger partial charge in [-0.05, 0) is 38.5 Å². The summed E-state index contributed by atoms with van der Waals surface area (Å²) in [5.41, 5.74) is 0.362. The van der Waals surface area contributed by atoms with E-state index in [2.05, 4.69) is 0 Å². The molecule has 4 heteroatoms. The third kappa shape index (κ3) is 1.43. The van der Waals surface area contributed by atoms with E-state index in [-0.39, 0.29) is 11.8 Å². The van der Waals surface area contributed by atoms with Gasteiger partial charge in [-0.15, -0.1) is 0 Å². The molecule has 2 bridgehead atoms. The lowest BCUT2D eigenvalue weighted by Crippen LogP contribution is -2.39. The van der Waals surface area contributed by atoms with Gasteiger partial charge < -0.3 is 4.74 Å². The lowest BCUT2D eigenvalue weighted by atomic mass is 9.73. The van der Waals surface area contributed by atoms with Gasteiger partial charge >= 0.3 is 0 Å². The minimum absolute atomic E-state index is 0.147.